The third-order valence-electron chi connectivity index (χ3n) is 7.51. The molecule has 2 aliphatic rings. The highest BCUT2D eigenvalue weighted by atomic mass is 19.4. The van der Waals surface area contributed by atoms with Crippen LogP contribution in [0.1, 0.15) is 38.3 Å². The number of para-hydroxylation sites is 1. The average Bonchev–Trinajstić information content (AvgIpc) is 3.45. The van der Waals surface area contributed by atoms with E-state index in [0.29, 0.717) is 6.07 Å². The highest BCUT2D eigenvalue weighted by Crippen LogP contribution is 2.41. The van der Waals surface area contributed by atoms with Gasteiger partial charge < -0.3 is 25.0 Å². The van der Waals surface area contributed by atoms with Gasteiger partial charge in [0.1, 0.15) is 5.82 Å². The zero-order chi connectivity index (χ0) is 30.3. The fourth-order valence-electron chi connectivity index (χ4n) is 5.44. The molecule has 3 aromatic rings. The predicted octanol–water partition coefficient (Wildman–Crippen LogP) is 2.48. The van der Waals surface area contributed by atoms with Crippen LogP contribution in [0.5, 0.6) is 0 Å². The number of aromatic amines is 1. The van der Waals surface area contributed by atoms with Gasteiger partial charge in [-0.3, -0.25) is 19.2 Å². The number of carbonyl (C=O) groups excluding carboxylic acids is 3. The Kier molecular flexibility index (Phi) is 7.36. The predicted molar refractivity (Wildman–Crippen MR) is 142 cm³/mol. The van der Waals surface area contributed by atoms with Crippen LogP contribution in [-0.4, -0.2) is 78.3 Å². The lowest BCUT2D eigenvalue weighted by Gasteiger charge is -2.31. The topological polar surface area (TPSA) is 130 Å². The number of halogens is 4. The zero-order valence-corrected chi connectivity index (χ0v) is 22.2. The number of nitrogens with one attached hydrogen (secondary N) is 2. The van der Waals surface area contributed by atoms with Crippen molar-refractivity contribution in [1.82, 2.24) is 20.1 Å². The van der Waals surface area contributed by atoms with E-state index < -0.39 is 52.6 Å². The minimum atomic E-state index is -4.93. The highest BCUT2D eigenvalue weighted by Gasteiger charge is 2.41. The Morgan fingerprint density at radius 3 is 2.57 bits per heavy atom. The summed E-state index contributed by atoms with van der Waals surface area (Å²) in [6.45, 7) is -0.215. The maximum Gasteiger partial charge on any atom is 0.418 e. The van der Waals surface area contributed by atoms with Crippen molar-refractivity contribution in [3.8, 4) is 6.07 Å². The molecule has 2 aromatic carbocycles. The van der Waals surface area contributed by atoms with Crippen molar-refractivity contribution in [3.63, 3.8) is 0 Å². The van der Waals surface area contributed by atoms with Gasteiger partial charge in [0.15, 0.2) is 0 Å². The number of benzene rings is 2. The Morgan fingerprint density at radius 2 is 1.88 bits per heavy atom. The number of hydrogen-bond acceptors (Lipinski definition) is 6. The van der Waals surface area contributed by atoms with Gasteiger partial charge in [-0.05, 0) is 24.6 Å². The molecule has 3 heterocycles. The molecule has 218 valence electrons. The summed E-state index contributed by atoms with van der Waals surface area (Å²) in [5.41, 5.74) is -3.27. The largest absolute Gasteiger partial charge is 0.418 e. The molecular formula is C28H24F4N6O4. The molecule has 2 fully saturated rings. The number of nitriles is 1. The van der Waals surface area contributed by atoms with Crippen molar-refractivity contribution in [2.75, 3.05) is 44.7 Å². The molecule has 2 saturated heterocycles. The monoisotopic (exact) mass is 584 g/mol. The molecule has 0 unspecified atom stereocenters. The third-order valence-corrected chi connectivity index (χ3v) is 7.51. The molecule has 0 bridgehead atoms. The van der Waals surface area contributed by atoms with Crippen LogP contribution in [0.25, 0.3) is 10.9 Å². The number of anilines is 1. The van der Waals surface area contributed by atoms with Crippen molar-refractivity contribution in [2.24, 2.45) is 0 Å². The summed E-state index contributed by atoms with van der Waals surface area (Å²) in [4.78, 5) is 57.2. The Bertz CT molecular complexity index is 1710. The van der Waals surface area contributed by atoms with Crippen LogP contribution in [0.2, 0.25) is 0 Å². The number of nitrogens with zero attached hydrogens (tertiary/aromatic N) is 4. The number of carbonyl (C=O) groups is 3. The van der Waals surface area contributed by atoms with Crippen molar-refractivity contribution >= 4 is 34.3 Å². The van der Waals surface area contributed by atoms with Gasteiger partial charge in [0, 0.05) is 44.7 Å². The Morgan fingerprint density at radius 1 is 1.12 bits per heavy atom. The van der Waals surface area contributed by atoms with E-state index in [-0.39, 0.29) is 66.7 Å². The minimum Gasteiger partial charge on any atom is -0.368 e. The summed E-state index contributed by atoms with van der Waals surface area (Å²) >= 11 is 0. The third kappa shape index (κ3) is 5.25. The van der Waals surface area contributed by atoms with Crippen LogP contribution in [0, 0.1) is 17.1 Å². The molecule has 0 saturated carbocycles. The number of amides is 3. The number of piperazine rings is 1. The fraction of sp³-hybridized carbons (Fsp3) is 0.321. The first-order valence-electron chi connectivity index (χ1n) is 12.9. The molecule has 3 amide bonds. The fourth-order valence-corrected chi connectivity index (χ4v) is 5.44. The van der Waals surface area contributed by atoms with Gasteiger partial charge >= 0.3 is 6.18 Å². The second-order valence-corrected chi connectivity index (χ2v) is 10.1. The molecule has 0 spiro atoms. The molecule has 1 aromatic heterocycles. The lowest BCUT2D eigenvalue weighted by Crippen LogP contribution is -2.50. The van der Waals surface area contributed by atoms with E-state index in [0.717, 1.165) is 23.1 Å². The van der Waals surface area contributed by atoms with Gasteiger partial charge in [-0.1, -0.05) is 12.1 Å². The first kappa shape index (κ1) is 28.6. The Labute approximate surface area is 236 Å². The molecule has 42 heavy (non-hydrogen) atoms. The molecule has 10 nitrogen and oxygen atoms in total. The number of pyridine rings is 1. The van der Waals surface area contributed by atoms with Gasteiger partial charge in [0.2, 0.25) is 11.5 Å². The second kappa shape index (κ2) is 10.8. The maximum absolute atomic E-state index is 14.3. The van der Waals surface area contributed by atoms with Crippen molar-refractivity contribution < 1.29 is 31.9 Å². The van der Waals surface area contributed by atoms with Crippen LogP contribution in [0.3, 0.4) is 0 Å². The molecule has 0 aliphatic carbocycles. The minimum absolute atomic E-state index is 0.0305. The van der Waals surface area contributed by atoms with Gasteiger partial charge in [-0.2, -0.15) is 18.4 Å². The maximum atomic E-state index is 14.3. The lowest BCUT2D eigenvalue weighted by molar-refractivity contribution is -0.137. The van der Waals surface area contributed by atoms with Crippen molar-refractivity contribution in [3.05, 3.63) is 74.8 Å². The molecular weight excluding hydrogens is 560 g/mol. The second-order valence-electron chi connectivity index (χ2n) is 10.1. The van der Waals surface area contributed by atoms with E-state index in [1.165, 1.54) is 29.0 Å². The van der Waals surface area contributed by atoms with E-state index in [9.17, 15) is 42.0 Å². The van der Waals surface area contributed by atoms with Crippen LogP contribution >= 0.6 is 0 Å². The summed E-state index contributed by atoms with van der Waals surface area (Å²) in [6, 6.07) is 7.83. The summed E-state index contributed by atoms with van der Waals surface area (Å²) in [7, 11) is 1.44. The average molecular weight is 585 g/mol. The number of likely N-dealkylation sites (N-methyl/N-ethyl adjacent to an activating group) is 1. The van der Waals surface area contributed by atoms with Crippen molar-refractivity contribution in [1.29, 1.82) is 5.26 Å². The molecule has 2 N–H and O–H groups in total. The van der Waals surface area contributed by atoms with Crippen LogP contribution in [-0.2, 0) is 11.0 Å². The molecule has 1 atom stereocenters. The number of hydrogen-bond donors (Lipinski definition) is 2. The van der Waals surface area contributed by atoms with E-state index in [1.807, 2.05) is 0 Å². The van der Waals surface area contributed by atoms with Gasteiger partial charge in [-0.25, -0.2) is 4.39 Å². The quantitative estimate of drug-likeness (QED) is 0.454. The summed E-state index contributed by atoms with van der Waals surface area (Å²) in [5, 5.41) is 12.1. The Hall–Kier alpha value is -4.93. The number of rotatable bonds is 4. The number of alkyl halides is 3. The molecule has 14 heteroatoms. The van der Waals surface area contributed by atoms with E-state index >= 15 is 0 Å². The SMILES string of the molecule is CN(C(=O)c1cc(=O)[nH]c2c(F)cccc12)[C@@H]1CCN(c2c(C(=O)N3CCNC(=O)C3)cc(C#N)cc2C(F)(F)F)C1. The zero-order valence-electron chi connectivity index (χ0n) is 22.2. The normalized spacial score (nSPS) is 17.2. The summed E-state index contributed by atoms with van der Waals surface area (Å²) in [6.07, 6.45) is -4.71. The van der Waals surface area contributed by atoms with Crippen LogP contribution in [0.15, 0.2) is 41.2 Å². The van der Waals surface area contributed by atoms with E-state index in [4.69, 9.17) is 0 Å². The van der Waals surface area contributed by atoms with Crippen LogP contribution in [0.4, 0.5) is 23.2 Å². The van der Waals surface area contributed by atoms with E-state index in [2.05, 4.69) is 10.3 Å². The van der Waals surface area contributed by atoms with Gasteiger partial charge in [0.25, 0.3) is 11.8 Å². The molecule has 2 aliphatic heterocycles. The van der Waals surface area contributed by atoms with Crippen molar-refractivity contribution in [2.45, 2.75) is 18.6 Å². The molecule has 0 radical (unpaired) electrons. The number of aromatic nitrogens is 1. The van der Waals surface area contributed by atoms with E-state index in [1.54, 1.807) is 6.07 Å². The lowest BCUT2D eigenvalue weighted by atomic mass is 10.00. The number of H-pyrrole nitrogens is 1. The highest BCUT2D eigenvalue weighted by molar-refractivity contribution is 6.06. The summed E-state index contributed by atoms with van der Waals surface area (Å²) < 4.78 is 57.3. The van der Waals surface area contributed by atoms with Crippen LogP contribution < -0.4 is 15.8 Å². The van der Waals surface area contributed by atoms with Gasteiger partial charge in [0.05, 0.1) is 52.1 Å². The molecule has 5 rings (SSSR count). The first-order valence-corrected chi connectivity index (χ1v) is 12.9. The van der Waals surface area contributed by atoms with Gasteiger partial charge in [-0.15, -0.1) is 0 Å². The summed E-state index contributed by atoms with van der Waals surface area (Å²) in [5.74, 6) is -2.64. The standard InChI is InChI=1S/C28H24F4N6O4/c1-36(26(41)18-11-22(39)35-24-17(18)3-2-4-21(24)29)16-5-7-37(13-16)25-19(27(42)38-8-6-34-23(40)14-38)9-15(12-33)10-20(25)28(30,31)32/h2-4,9-11,16H,5-8,13-14H2,1H3,(H,34,40)(H,35,39)/t16-/m1/s1. The first-order chi connectivity index (χ1) is 19.9. The number of fused-ring (bicyclic) bond motifs is 1. The smallest absolute Gasteiger partial charge is 0.368 e. The Balaban J connectivity index is 1.51.